The van der Waals surface area contributed by atoms with Crippen LogP contribution in [0.2, 0.25) is 0 Å². The van der Waals surface area contributed by atoms with Gasteiger partial charge in [0.15, 0.2) is 12.2 Å². The molecule has 0 aliphatic carbocycles. The molecule has 0 aliphatic heterocycles. The SMILES string of the molecule is CCCCCC/C=C\C=C/CCCCCCCC(=O)OC[C@H](COP(=O)(O)OC[C@@H](O)COP(=O)(O)OC[C@@H](COC(=O)CCCCCCCCC)OC(=O)CCCCCCCCCC(C)C)OC(=O)CCCCCCCCCCCCCCCC(C)C. The van der Waals surface area contributed by atoms with E-state index in [2.05, 4.69) is 65.8 Å². The van der Waals surface area contributed by atoms with E-state index in [4.69, 9.17) is 37.0 Å². The maximum Gasteiger partial charge on any atom is 0.472 e. The topological polar surface area (TPSA) is 237 Å². The average molecular weight is 1290 g/mol. The van der Waals surface area contributed by atoms with Crippen molar-refractivity contribution in [2.24, 2.45) is 11.8 Å². The van der Waals surface area contributed by atoms with Crippen molar-refractivity contribution in [2.45, 2.75) is 342 Å². The molecule has 17 nitrogen and oxygen atoms in total. The lowest BCUT2D eigenvalue weighted by Crippen LogP contribution is -2.30. The van der Waals surface area contributed by atoms with Crippen LogP contribution in [0.5, 0.6) is 0 Å². The Balaban J connectivity index is 5.24. The molecule has 0 radical (unpaired) electrons. The van der Waals surface area contributed by atoms with E-state index in [1.165, 1.54) is 109 Å². The van der Waals surface area contributed by atoms with Gasteiger partial charge < -0.3 is 33.8 Å². The van der Waals surface area contributed by atoms with E-state index in [0.29, 0.717) is 31.6 Å². The Morgan fingerprint density at radius 3 is 0.932 bits per heavy atom. The van der Waals surface area contributed by atoms with Gasteiger partial charge >= 0.3 is 39.5 Å². The Morgan fingerprint density at radius 1 is 0.352 bits per heavy atom. The number of ether oxygens (including phenoxy) is 4. The molecule has 0 aliphatic rings. The summed E-state index contributed by atoms with van der Waals surface area (Å²) in [6.07, 6.45) is 48.2. The molecular formula is C69H130O17P2. The summed E-state index contributed by atoms with van der Waals surface area (Å²) in [5.41, 5.74) is 0. The maximum atomic E-state index is 13.0. The molecule has 19 heteroatoms. The van der Waals surface area contributed by atoms with Crippen LogP contribution in [-0.2, 0) is 65.4 Å². The first-order valence-corrected chi connectivity index (χ1v) is 38.3. The Kier molecular flexibility index (Phi) is 59.1. The lowest BCUT2D eigenvalue weighted by molar-refractivity contribution is -0.161. The molecule has 518 valence electrons. The summed E-state index contributed by atoms with van der Waals surface area (Å²) in [7, 11) is -9.90. The summed E-state index contributed by atoms with van der Waals surface area (Å²) in [5.74, 6) is -0.684. The van der Waals surface area contributed by atoms with Gasteiger partial charge in [-0.15, -0.1) is 0 Å². The van der Waals surface area contributed by atoms with Gasteiger partial charge in [0.25, 0.3) is 0 Å². The van der Waals surface area contributed by atoms with Gasteiger partial charge in [0, 0.05) is 25.7 Å². The molecule has 0 aromatic carbocycles. The fourth-order valence-electron chi connectivity index (χ4n) is 9.87. The number of phosphoric acid groups is 2. The summed E-state index contributed by atoms with van der Waals surface area (Å²) >= 11 is 0. The van der Waals surface area contributed by atoms with Crippen molar-refractivity contribution in [3.05, 3.63) is 24.3 Å². The average Bonchev–Trinajstić information content (AvgIpc) is 3.55. The zero-order chi connectivity index (χ0) is 65.0. The molecule has 0 spiro atoms. The monoisotopic (exact) mass is 1290 g/mol. The number of phosphoric ester groups is 2. The van der Waals surface area contributed by atoms with Crippen molar-refractivity contribution in [1.82, 2.24) is 0 Å². The lowest BCUT2D eigenvalue weighted by atomic mass is 10.0. The van der Waals surface area contributed by atoms with Gasteiger partial charge in [-0.3, -0.25) is 37.3 Å². The van der Waals surface area contributed by atoms with Crippen LogP contribution in [0.25, 0.3) is 0 Å². The van der Waals surface area contributed by atoms with Gasteiger partial charge in [0.2, 0.25) is 0 Å². The molecule has 3 N–H and O–H groups in total. The van der Waals surface area contributed by atoms with Crippen LogP contribution in [-0.4, -0.2) is 96.7 Å². The minimum absolute atomic E-state index is 0.1000. The molecule has 0 fully saturated rings. The normalized spacial score (nSPS) is 14.4. The van der Waals surface area contributed by atoms with Crippen LogP contribution in [0.15, 0.2) is 24.3 Å². The van der Waals surface area contributed by atoms with Crippen molar-refractivity contribution in [1.29, 1.82) is 0 Å². The molecule has 0 saturated carbocycles. The number of carbonyl (C=O) groups excluding carboxylic acids is 4. The number of hydrogen-bond donors (Lipinski definition) is 3. The number of esters is 4. The van der Waals surface area contributed by atoms with Gasteiger partial charge in [0.05, 0.1) is 26.4 Å². The summed E-state index contributed by atoms with van der Waals surface area (Å²) in [4.78, 5) is 72.3. The number of carbonyl (C=O) groups is 4. The Labute approximate surface area is 535 Å². The molecule has 0 heterocycles. The van der Waals surface area contributed by atoms with Crippen LogP contribution in [0.4, 0.5) is 0 Å². The van der Waals surface area contributed by atoms with E-state index in [1.807, 2.05) is 0 Å². The first-order valence-electron chi connectivity index (χ1n) is 35.3. The van der Waals surface area contributed by atoms with E-state index in [1.54, 1.807) is 0 Å². The number of aliphatic hydroxyl groups is 1. The van der Waals surface area contributed by atoms with Crippen LogP contribution in [0.3, 0.4) is 0 Å². The second kappa shape index (κ2) is 60.8. The first-order chi connectivity index (χ1) is 42.4. The highest BCUT2D eigenvalue weighted by Crippen LogP contribution is 2.45. The van der Waals surface area contributed by atoms with Crippen molar-refractivity contribution in [3.8, 4) is 0 Å². The molecule has 0 aromatic rings. The fraction of sp³-hybridized carbons (Fsp3) is 0.884. The smallest absolute Gasteiger partial charge is 0.462 e. The largest absolute Gasteiger partial charge is 0.472 e. The molecular weight excluding hydrogens is 1160 g/mol. The molecule has 0 rings (SSSR count). The van der Waals surface area contributed by atoms with E-state index in [0.717, 1.165) is 128 Å². The van der Waals surface area contributed by atoms with E-state index in [-0.39, 0.29) is 25.7 Å². The van der Waals surface area contributed by atoms with Crippen molar-refractivity contribution in [3.63, 3.8) is 0 Å². The van der Waals surface area contributed by atoms with Crippen molar-refractivity contribution < 1.29 is 80.2 Å². The third kappa shape index (κ3) is 62.4. The minimum atomic E-state index is -4.96. The Bertz CT molecular complexity index is 1810. The number of aliphatic hydroxyl groups excluding tert-OH is 1. The third-order valence-electron chi connectivity index (χ3n) is 15.3. The van der Waals surface area contributed by atoms with Gasteiger partial charge in [-0.2, -0.15) is 0 Å². The lowest BCUT2D eigenvalue weighted by Gasteiger charge is -2.21. The van der Waals surface area contributed by atoms with Crippen LogP contribution in [0, 0.1) is 11.8 Å². The Morgan fingerprint density at radius 2 is 0.614 bits per heavy atom. The standard InChI is InChI=1S/C69H130O17P2/c1-7-9-11-13-15-16-17-18-19-22-25-28-34-40-46-52-67(72)80-58-65(85-68(73)53-47-41-35-29-26-23-20-21-24-27-32-37-43-49-61(3)4)60-84-88(77,78)82-56-63(70)55-81-87(75,76)83-59-64(57-79-66(71)51-45-39-31-14-12-10-8-2)86-69(74)54-48-42-36-30-33-38-44-50-62(5)6/h16-19,61-65,70H,7-15,20-60H2,1-6H3,(H,75,76)(H,77,78)/b17-16-,19-18-/t63-,64+,65+/m0/s1. The second-order valence-corrected chi connectivity index (χ2v) is 28.1. The van der Waals surface area contributed by atoms with Crippen LogP contribution in [0.1, 0.15) is 324 Å². The van der Waals surface area contributed by atoms with Crippen LogP contribution >= 0.6 is 15.6 Å². The number of allylic oxidation sites excluding steroid dienone is 4. The predicted molar refractivity (Wildman–Crippen MR) is 354 cm³/mol. The fourth-order valence-corrected chi connectivity index (χ4v) is 11.5. The van der Waals surface area contributed by atoms with Gasteiger partial charge in [0.1, 0.15) is 19.3 Å². The van der Waals surface area contributed by atoms with Crippen molar-refractivity contribution >= 4 is 39.5 Å². The molecule has 0 saturated heterocycles. The third-order valence-corrected chi connectivity index (χ3v) is 17.2. The van der Waals surface area contributed by atoms with Gasteiger partial charge in [-0.1, -0.05) is 271 Å². The highest BCUT2D eigenvalue weighted by atomic mass is 31.2. The molecule has 88 heavy (non-hydrogen) atoms. The highest BCUT2D eigenvalue weighted by molar-refractivity contribution is 7.47. The summed E-state index contributed by atoms with van der Waals surface area (Å²) in [6.45, 7) is 9.38. The molecule has 0 bridgehead atoms. The van der Waals surface area contributed by atoms with E-state index < -0.39 is 97.5 Å². The van der Waals surface area contributed by atoms with Gasteiger partial charge in [-0.25, -0.2) is 9.13 Å². The molecule has 2 unspecified atom stereocenters. The zero-order valence-electron chi connectivity index (χ0n) is 56.5. The summed E-state index contributed by atoms with van der Waals surface area (Å²) in [5, 5.41) is 10.6. The quantitative estimate of drug-likeness (QED) is 0.0169. The van der Waals surface area contributed by atoms with E-state index in [9.17, 15) is 43.2 Å². The maximum absolute atomic E-state index is 13.0. The summed E-state index contributed by atoms with van der Waals surface area (Å²) < 4.78 is 68.1. The van der Waals surface area contributed by atoms with Gasteiger partial charge in [-0.05, 0) is 63.2 Å². The second-order valence-electron chi connectivity index (χ2n) is 25.2. The minimum Gasteiger partial charge on any atom is -0.462 e. The van der Waals surface area contributed by atoms with Crippen LogP contribution < -0.4 is 0 Å². The highest BCUT2D eigenvalue weighted by Gasteiger charge is 2.30. The molecule has 5 atom stereocenters. The Hall–Kier alpha value is -2.46. The number of rotatable bonds is 66. The first kappa shape index (κ1) is 85.5. The summed E-state index contributed by atoms with van der Waals surface area (Å²) in [6, 6.07) is 0. The van der Waals surface area contributed by atoms with Crippen molar-refractivity contribution in [2.75, 3.05) is 39.6 Å². The predicted octanol–water partition coefficient (Wildman–Crippen LogP) is 19.2. The number of unbranched alkanes of at least 4 members (excludes halogenated alkanes) is 33. The number of hydrogen-bond acceptors (Lipinski definition) is 15. The zero-order valence-corrected chi connectivity index (χ0v) is 58.3. The molecule has 0 amide bonds. The van der Waals surface area contributed by atoms with E-state index >= 15 is 0 Å². The molecule has 0 aromatic heterocycles.